The van der Waals surface area contributed by atoms with Crippen molar-refractivity contribution in [1.82, 2.24) is 9.78 Å². The molecule has 3 heteroatoms. The summed E-state index contributed by atoms with van der Waals surface area (Å²) in [5.74, 6) is 0. The molecule has 1 aromatic heterocycles. The SMILES string of the molecule is CC(O)Cc1ccc(-n2cccn2)cc1. The first kappa shape index (κ1) is 9.93. The molecule has 0 amide bonds. The molecular weight excluding hydrogens is 188 g/mol. The predicted molar refractivity (Wildman–Crippen MR) is 58.9 cm³/mol. The van der Waals surface area contributed by atoms with Crippen molar-refractivity contribution in [2.24, 2.45) is 0 Å². The highest BCUT2D eigenvalue weighted by atomic mass is 16.3. The standard InChI is InChI=1S/C12H14N2O/c1-10(15)9-11-3-5-12(6-4-11)14-8-2-7-13-14/h2-8,10,15H,9H2,1H3. The number of nitrogens with zero attached hydrogens (tertiary/aromatic N) is 2. The lowest BCUT2D eigenvalue weighted by atomic mass is 10.1. The van der Waals surface area contributed by atoms with Gasteiger partial charge in [0.25, 0.3) is 0 Å². The Morgan fingerprint density at radius 1 is 1.33 bits per heavy atom. The van der Waals surface area contributed by atoms with Gasteiger partial charge in [-0.15, -0.1) is 0 Å². The quantitative estimate of drug-likeness (QED) is 0.824. The van der Waals surface area contributed by atoms with Gasteiger partial charge in [0, 0.05) is 12.4 Å². The van der Waals surface area contributed by atoms with Crippen LogP contribution in [0.2, 0.25) is 0 Å². The van der Waals surface area contributed by atoms with Gasteiger partial charge in [-0.05, 0) is 37.1 Å². The second-order valence-corrected chi connectivity index (χ2v) is 3.67. The molecule has 0 saturated heterocycles. The van der Waals surface area contributed by atoms with Crippen molar-refractivity contribution in [3.63, 3.8) is 0 Å². The highest BCUT2D eigenvalue weighted by Gasteiger charge is 2.00. The molecule has 1 atom stereocenters. The molecule has 0 radical (unpaired) electrons. The van der Waals surface area contributed by atoms with Crippen LogP contribution in [-0.4, -0.2) is 21.0 Å². The van der Waals surface area contributed by atoms with E-state index in [1.54, 1.807) is 13.1 Å². The fourth-order valence-electron chi connectivity index (χ4n) is 1.55. The van der Waals surface area contributed by atoms with Crippen LogP contribution in [0.25, 0.3) is 5.69 Å². The second kappa shape index (κ2) is 4.28. The summed E-state index contributed by atoms with van der Waals surface area (Å²) in [5, 5.41) is 13.4. The lowest BCUT2D eigenvalue weighted by Gasteiger charge is -2.05. The van der Waals surface area contributed by atoms with Gasteiger partial charge in [0.15, 0.2) is 0 Å². The first-order valence-corrected chi connectivity index (χ1v) is 5.03. The van der Waals surface area contributed by atoms with Crippen LogP contribution in [0.5, 0.6) is 0 Å². The maximum absolute atomic E-state index is 9.24. The van der Waals surface area contributed by atoms with E-state index in [0.717, 1.165) is 11.3 Å². The Morgan fingerprint density at radius 2 is 2.07 bits per heavy atom. The van der Waals surface area contributed by atoms with E-state index < -0.39 is 0 Å². The van der Waals surface area contributed by atoms with E-state index in [0.29, 0.717) is 6.42 Å². The fraction of sp³-hybridized carbons (Fsp3) is 0.250. The number of hydrogen-bond acceptors (Lipinski definition) is 2. The van der Waals surface area contributed by atoms with E-state index in [4.69, 9.17) is 0 Å². The van der Waals surface area contributed by atoms with Gasteiger partial charge < -0.3 is 5.11 Å². The molecular formula is C12H14N2O. The third-order valence-electron chi connectivity index (χ3n) is 2.24. The Bertz CT molecular complexity index is 404. The van der Waals surface area contributed by atoms with E-state index >= 15 is 0 Å². The van der Waals surface area contributed by atoms with Gasteiger partial charge in [-0.2, -0.15) is 5.10 Å². The van der Waals surface area contributed by atoms with Crippen molar-refractivity contribution in [3.05, 3.63) is 48.3 Å². The zero-order valence-electron chi connectivity index (χ0n) is 8.67. The van der Waals surface area contributed by atoms with Gasteiger partial charge >= 0.3 is 0 Å². The predicted octanol–water partition coefficient (Wildman–Crippen LogP) is 1.80. The highest BCUT2D eigenvalue weighted by molar-refractivity contribution is 5.33. The zero-order valence-corrected chi connectivity index (χ0v) is 8.67. The first-order chi connectivity index (χ1) is 7.25. The Kier molecular flexibility index (Phi) is 2.83. The van der Waals surface area contributed by atoms with E-state index in [2.05, 4.69) is 5.10 Å². The molecule has 1 heterocycles. The number of aromatic nitrogens is 2. The topological polar surface area (TPSA) is 38.0 Å². The van der Waals surface area contributed by atoms with E-state index in [1.807, 2.05) is 41.2 Å². The Labute approximate surface area is 89.0 Å². The normalized spacial score (nSPS) is 12.7. The molecule has 0 spiro atoms. The summed E-state index contributed by atoms with van der Waals surface area (Å²) < 4.78 is 1.81. The zero-order chi connectivity index (χ0) is 10.7. The Hall–Kier alpha value is -1.61. The van der Waals surface area contributed by atoms with Crippen molar-refractivity contribution in [2.45, 2.75) is 19.4 Å². The number of aliphatic hydroxyl groups excluding tert-OH is 1. The largest absolute Gasteiger partial charge is 0.393 e. The minimum absolute atomic E-state index is 0.291. The van der Waals surface area contributed by atoms with Gasteiger partial charge in [-0.25, -0.2) is 4.68 Å². The maximum Gasteiger partial charge on any atom is 0.0645 e. The molecule has 1 aromatic carbocycles. The molecule has 78 valence electrons. The average Bonchev–Trinajstić information content (AvgIpc) is 2.71. The molecule has 1 unspecified atom stereocenters. The van der Waals surface area contributed by atoms with Crippen LogP contribution in [0, 0.1) is 0 Å². The number of rotatable bonds is 3. The molecule has 0 saturated carbocycles. The number of hydrogen-bond donors (Lipinski definition) is 1. The van der Waals surface area contributed by atoms with Crippen LogP contribution in [0.1, 0.15) is 12.5 Å². The minimum Gasteiger partial charge on any atom is -0.393 e. The molecule has 2 rings (SSSR count). The highest BCUT2D eigenvalue weighted by Crippen LogP contribution is 2.10. The smallest absolute Gasteiger partial charge is 0.0645 e. The van der Waals surface area contributed by atoms with Crippen molar-refractivity contribution in [3.8, 4) is 5.69 Å². The molecule has 15 heavy (non-hydrogen) atoms. The monoisotopic (exact) mass is 202 g/mol. The summed E-state index contributed by atoms with van der Waals surface area (Å²) >= 11 is 0. The first-order valence-electron chi connectivity index (χ1n) is 5.03. The van der Waals surface area contributed by atoms with Gasteiger partial charge in [0.05, 0.1) is 11.8 Å². The fourth-order valence-corrected chi connectivity index (χ4v) is 1.55. The van der Waals surface area contributed by atoms with Crippen LogP contribution >= 0.6 is 0 Å². The van der Waals surface area contributed by atoms with E-state index in [1.165, 1.54) is 0 Å². The molecule has 2 aromatic rings. The van der Waals surface area contributed by atoms with Gasteiger partial charge in [-0.1, -0.05) is 12.1 Å². The number of aliphatic hydroxyl groups is 1. The Morgan fingerprint density at radius 3 is 2.60 bits per heavy atom. The van der Waals surface area contributed by atoms with Crippen molar-refractivity contribution in [2.75, 3.05) is 0 Å². The third-order valence-corrected chi connectivity index (χ3v) is 2.24. The van der Waals surface area contributed by atoms with Crippen molar-refractivity contribution < 1.29 is 5.11 Å². The third kappa shape index (κ3) is 2.44. The molecule has 0 fully saturated rings. The van der Waals surface area contributed by atoms with Crippen molar-refractivity contribution >= 4 is 0 Å². The molecule has 0 aliphatic carbocycles. The van der Waals surface area contributed by atoms with Crippen LogP contribution in [-0.2, 0) is 6.42 Å². The van der Waals surface area contributed by atoms with Gasteiger partial charge in [0.2, 0.25) is 0 Å². The summed E-state index contributed by atoms with van der Waals surface area (Å²) in [6.45, 7) is 1.79. The number of benzene rings is 1. The summed E-state index contributed by atoms with van der Waals surface area (Å²) in [6.07, 6.45) is 4.06. The van der Waals surface area contributed by atoms with Crippen LogP contribution in [0.4, 0.5) is 0 Å². The van der Waals surface area contributed by atoms with Crippen molar-refractivity contribution in [1.29, 1.82) is 0 Å². The molecule has 0 bridgehead atoms. The molecule has 3 nitrogen and oxygen atoms in total. The van der Waals surface area contributed by atoms with Gasteiger partial charge in [-0.3, -0.25) is 0 Å². The van der Waals surface area contributed by atoms with E-state index in [9.17, 15) is 5.11 Å². The van der Waals surface area contributed by atoms with Crippen LogP contribution < -0.4 is 0 Å². The minimum atomic E-state index is -0.291. The Balaban J connectivity index is 2.17. The van der Waals surface area contributed by atoms with Crippen LogP contribution in [0.15, 0.2) is 42.7 Å². The van der Waals surface area contributed by atoms with Gasteiger partial charge in [0.1, 0.15) is 0 Å². The summed E-state index contributed by atoms with van der Waals surface area (Å²) in [5.41, 5.74) is 2.18. The summed E-state index contributed by atoms with van der Waals surface area (Å²) in [7, 11) is 0. The van der Waals surface area contributed by atoms with Crippen LogP contribution in [0.3, 0.4) is 0 Å². The maximum atomic E-state index is 9.24. The summed E-state index contributed by atoms with van der Waals surface area (Å²) in [6, 6.07) is 9.94. The lowest BCUT2D eigenvalue weighted by Crippen LogP contribution is -2.04. The molecule has 0 aliphatic heterocycles. The molecule has 1 N–H and O–H groups in total. The summed E-state index contributed by atoms with van der Waals surface area (Å²) in [4.78, 5) is 0. The second-order valence-electron chi connectivity index (χ2n) is 3.67. The molecule has 0 aliphatic rings. The van der Waals surface area contributed by atoms with E-state index in [-0.39, 0.29) is 6.10 Å². The average molecular weight is 202 g/mol. The lowest BCUT2D eigenvalue weighted by molar-refractivity contribution is 0.195.